The molecule has 0 aliphatic heterocycles. The second-order valence-electron chi connectivity index (χ2n) is 2.82. The Hall–Kier alpha value is -0.120. The van der Waals surface area contributed by atoms with Gasteiger partial charge in [0.1, 0.15) is 0 Å². The highest BCUT2D eigenvalue weighted by Gasteiger charge is 2.23. The highest BCUT2D eigenvalue weighted by atomic mass is 79.9. The molecule has 0 saturated carbocycles. The van der Waals surface area contributed by atoms with Gasteiger partial charge < -0.3 is 0 Å². The molecule has 0 radical (unpaired) electrons. The van der Waals surface area contributed by atoms with Crippen LogP contribution in [0.3, 0.4) is 0 Å². The van der Waals surface area contributed by atoms with Gasteiger partial charge in [-0.1, -0.05) is 0 Å². The van der Waals surface area contributed by atoms with Gasteiger partial charge in [-0.2, -0.15) is 0 Å². The van der Waals surface area contributed by atoms with Gasteiger partial charge in [0, 0.05) is 31.6 Å². The standard InChI is InChI=1S/C9H5BrS2/c10-6-4-12-8-3-7-5(9(6)8)1-2-11-7/h1-2,4H,3H2. The number of rotatable bonds is 0. The lowest BCUT2D eigenvalue weighted by molar-refractivity contribution is 1.38. The fourth-order valence-electron chi connectivity index (χ4n) is 1.63. The molecule has 0 bridgehead atoms. The molecule has 0 aromatic carbocycles. The van der Waals surface area contributed by atoms with Crippen LogP contribution in [0, 0.1) is 0 Å². The Morgan fingerprint density at radius 2 is 2.17 bits per heavy atom. The molecule has 0 spiro atoms. The van der Waals surface area contributed by atoms with Crippen LogP contribution < -0.4 is 0 Å². The van der Waals surface area contributed by atoms with Gasteiger partial charge in [0.05, 0.1) is 0 Å². The summed E-state index contributed by atoms with van der Waals surface area (Å²) in [6, 6.07) is 2.23. The van der Waals surface area contributed by atoms with Crippen LogP contribution in [-0.4, -0.2) is 0 Å². The summed E-state index contributed by atoms with van der Waals surface area (Å²) in [5.74, 6) is 0. The Morgan fingerprint density at radius 1 is 1.25 bits per heavy atom. The maximum absolute atomic E-state index is 3.59. The lowest BCUT2D eigenvalue weighted by Crippen LogP contribution is -1.67. The van der Waals surface area contributed by atoms with E-state index in [1.807, 2.05) is 22.7 Å². The van der Waals surface area contributed by atoms with Crippen molar-refractivity contribution in [1.82, 2.24) is 0 Å². The van der Waals surface area contributed by atoms with Crippen molar-refractivity contribution in [3.05, 3.63) is 31.1 Å². The van der Waals surface area contributed by atoms with E-state index in [2.05, 4.69) is 32.8 Å². The SMILES string of the molecule is Brc1csc2c1-c1ccsc1C2. The minimum absolute atomic E-state index is 1.15. The fourth-order valence-corrected chi connectivity index (χ4v) is 4.41. The third-order valence-corrected chi connectivity index (χ3v) is 4.99. The molecule has 0 fully saturated rings. The summed E-state index contributed by atoms with van der Waals surface area (Å²) in [7, 11) is 0. The van der Waals surface area contributed by atoms with Crippen LogP contribution in [0.2, 0.25) is 0 Å². The molecule has 1 aliphatic rings. The third kappa shape index (κ3) is 0.817. The van der Waals surface area contributed by atoms with E-state index < -0.39 is 0 Å². The summed E-state index contributed by atoms with van der Waals surface area (Å²) in [4.78, 5) is 3.04. The molecule has 0 N–H and O–H groups in total. The van der Waals surface area contributed by atoms with E-state index in [0.29, 0.717) is 0 Å². The zero-order chi connectivity index (χ0) is 8.13. The number of fused-ring (bicyclic) bond motifs is 3. The molecule has 12 heavy (non-hydrogen) atoms. The number of thiophene rings is 2. The molecule has 2 aromatic heterocycles. The first-order chi connectivity index (χ1) is 5.86. The second-order valence-corrected chi connectivity index (χ2v) is 5.64. The first-order valence-electron chi connectivity index (χ1n) is 3.69. The largest absolute Gasteiger partial charge is 0.148 e. The van der Waals surface area contributed by atoms with Crippen LogP contribution >= 0.6 is 38.6 Å². The van der Waals surface area contributed by atoms with Crippen LogP contribution in [0.1, 0.15) is 9.75 Å². The van der Waals surface area contributed by atoms with Crippen LogP contribution in [0.5, 0.6) is 0 Å². The van der Waals surface area contributed by atoms with Gasteiger partial charge in [-0.05, 0) is 32.9 Å². The van der Waals surface area contributed by atoms with Crippen LogP contribution in [0.25, 0.3) is 11.1 Å². The van der Waals surface area contributed by atoms with Gasteiger partial charge in [0.2, 0.25) is 0 Å². The Balaban J connectivity index is 2.38. The van der Waals surface area contributed by atoms with Crippen molar-refractivity contribution in [1.29, 1.82) is 0 Å². The van der Waals surface area contributed by atoms with Crippen LogP contribution in [-0.2, 0) is 6.42 Å². The van der Waals surface area contributed by atoms with Crippen molar-refractivity contribution >= 4 is 38.6 Å². The molecule has 1 aliphatic carbocycles. The van der Waals surface area contributed by atoms with Gasteiger partial charge >= 0.3 is 0 Å². The third-order valence-electron chi connectivity index (χ3n) is 2.16. The average molecular weight is 257 g/mol. The molecule has 3 heteroatoms. The van der Waals surface area contributed by atoms with Crippen molar-refractivity contribution in [3.63, 3.8) is 0 Å². The first-order valence-corrected chi connectivity index (χ1v) is 6.24. The predicted molar refractivity (Wildman–Crippen MR) is 58.1 cm³/mol. The zero-order valence-electron chi connectivity index (χ0n) is 6.13. The lowest BCUT2D eigenvalue weighted by atomic mass is 10.2. The maximum Gasteiger partial charge on any atom is 0.0364 e. The van der Waals surface area contributed by atoms with Gasteiger partial charge in [-0.3, -0.25) is 0 Å². The number of halogens is 1. The number of hydrogen-bond acceptors (Lipinski definition) is 2. The van der Waals surface area contributed by atoms with Crippen molar-refractivity contribution in [2.24, 2.45) is 0 Å². The summed E-state index contributed by atoms with van der Waals surface area (Å²) in [6.45, 7) is 0. The van der Waals surface area contributed by atoms with Crippen molar-refractivity contribution in [3.8, 4) is 11.1 Å². The summed E-state index contributed by atoms with van der Waals surface area (Å²) < 4.78 is 1.26. The van der Waals surface area contributed by atoms with Gasteiger partial charge in [-0.15, -0.1) is 22.7 Å². The monoisotopic (exact) mass is 256 g/mol. The Kier molecular flexibility index (Phi) is 1.48. The zero-order valence-corrected chi connectivity index (χ0v) is 9.35. The Morgan fingerprint density at radius 3 is 3.08 bits per heavy atom. The highest BCUT2D eigenvalue weighted by Crippen LogP contribution is 2.46. The molecule has 0 unspecified atom stereocenters. The summed E-state index contributed by atoms with van der Waals surface area (Å²) in [6.07, 6.45) is 1.15. The quantitative estimate of drug-likeness (QED) is 0.567. The Bertz CT molecular complexity index is 439. The summed E-state index contributed by atoms with van der Waals surface area (Å²) in [5, 5.41) is 4.36. The van der Waals surface area contributed by atoms with Crippen molar-refractivity contribution < 1.29 is 0 Å². The Labute approximate surface area is 87.0 Å². The molecule has 60 valence electrons. The molecular weight excluding hydrogens is 252 g/mol. The minimum Gasteiger partial charge on any atom is -0.148 e. The summed E-state index contributed by atoms with van der Waals surface area (Å²) >= 11 is 7.31. The maximum atomic E-state index is 3.59. The van der Waals surface area contributed by atoms with E-state index in [1.165, 1.54) is 25.4 Å². The molecule has 0 nitrogen and oxygen atoms in total. The van der Waals surface area contributed by atoms with Gasteiger partial charge in [0.15, 0.2) is 0 Å². The molecule has 0 saturated heterocycles. The van der Waals surface area contributed by atoms with E-state index in [1.54, 1.807) is 0 Å². The van der Waals surface area contributed by atoms with Crippen LogP contribution in [0.15, 0.2) is 21.3 Å². The van der Waals surface area contributed by atoms with E-state index >= 15 is 0 Å². The van der Waals surface area contributed by atoms with Crippen molar-refractivity contribution in [2.75, 3.05) is 0 Å². The highest BCUT2D eigenvalue weighted by molar-refractivity contribution is 9.10. The lowest BCUT2D eigenvalue weighted by Gasteiger charge is -1.90. The predicted octanol–water partition coefficient (Wildman–Crippen LogP) is 4.14. The van der Waals surface area contributed by atoms with E-state index in [4.69, 9.17) is 0 Å². The molecular formula is C9H5BrS2. The average Bonchev–Trinajstić information content (AvgIpc) is 2.61. The van der Waals surface area contributed by atoms with Gasteiger partial charge in [0.25, 0.3) is 0 Å². The minimum atomic E-state index is 1.15. The van der Waals surface area contributed by atoms with E-state index in [9.17, 15) is 0 Å². The second kappa shape index (κ2) is 2.44. The molecule has 2 heterocycles. The van der Waals surface area contributed by atoms with E-state index in [-0.39, 0.29) is 0 Å². The molecule has 3 rings (SSSR count). The van der Waals surface area contributed by atoms with Crippen molar-refractivity contribution in [2.45, 2.75) is 6.42 Å². The molecule has 0 amide bonds. The smallest absolute Gasteiger partial charge is 0.0364 e. The van der Waals surface area contributed by atoms with Gasteiger partial charge in [-0.25, -0.2) is 0 Å². The molecule has 2 aromatic rings. The topological polar surface area (TPSA) is 0 Å². The normalized spacial score (nSPS) is 13.1. The first kappa shape index (κ1) is 7.30. The van der Waals surface area contributed by atoms with Crippen LogP contribution in [0.4, 0.5) is 0 Å². The number of hydrogen-bond donors (Lipinski definition) is 0. The molecule has 0 atom stereocenters. The summed E-state index contributed by atoms with van der Waals surface area (Å²) in [5.41, 5.74) is 2.89. The van der Waals surface area contributed by atoms with E-state index in [0.717, 1.165) is 6.42 Å². The fraction of sp³-hybridized carbons (Fsp3) is 0.111.